The number of carbonyl (C=O) groups excluding carboxylic acids is 1. The van der Waals surface area contributed by atoms with Crippen LogP contribution in [0.2, 0.25) is 0 Å². The second-order valence-electron chi connectivity index (χ2n) is 4.80. The average Bonchev–Trinajstić information content (AvgIpc) is 2.41. The summed E-state index contributed by atoms with van der Waals surface area (Å²) in [6, 6.07) is 13.1. The number of aryl methyl sites for hydroxylation is 1. The van der Waals surface area contributed by atoms with Crippen molar-refractivity contribution >= 4 is 27.5 Å². The van der Waals surface area contributed by atoms with E-state index in [9.17, 15) is 4.79 Å². The maximum atomic E-state index is 12.3. The van der Waals surface area contributed by atoms with Gasteiger partial charge in [0.05, 0.1) is 11.6 Å². The minimum atomic E-state index is -0.101. The Labute approximate surface area is 127 Å². The number of benzene rings is 2. The average molecular weight is 333 g/mol. The van der Waals surface area contributed by atoms with Crippen molar-refractivity contribution < 1.29 is 4.79 Å². The molecule has 0 aromatic heterocycles. The molecule has 2 aromatic carbocycles. The number of amides is 1. The van der Waals surface area contributed by atoms with E-state index < -0.39 is 0 Å². The molecule has 20 heavy (non-hydrogen) atoms. The summed E-state index contributed by atoms with van der Waals surface area (Å²) in [6.45, 7) is 3.90. The highest BCUT2D eigenvalue weighted by atomic mass is 79.9. The first-order chi connectivity index (χ1) is 9.49. The molecule has 0 fully saturated rings. The zero-order valence-electron chi connectivity index (χ0n) is 11.5. The Balaban J connectivity index is 2.17. The quantitative estimate of drug-likeness (QED) is 0.839. The summed E-state index contributed by atoms with van der Waals surface area (Å²) >= 11 is 3.46. The number of rotatable bonds is 3. The number of nitrogens with one attached hydrogen (secondary N) is 1. The lowest BCUT2D eigenvalue weighted by Gasteiger charge is -2.16. The van der Waals surface area contributed by atoms with Crippen LogP contribution in [0, 0.1) is 6.92 Å². The molecular weight excluding hydrogens is 316 g/mol. The number of anilines is 1. The van der Waals surface area contributed by atoms with Crippen LogP contribution in [0.3, 0.4) is 0 Å². The van der Waals surface area contributed by atoms with Crippen LogP contribution in [-0.4, -0.2) is 5.91 Å². The Hall–Kier alpha value is -1.81. The normalized spacial score (nSPS) is 11.9. The molecule has 0 aliphatic rings. The van der Waals surface area contributed by atoms with Gasteiger partial charge < -0.3 is 11.1 Å². The Morgan fingerprint density at radius 1 is 1.25 bits per heavy atom. The summed E-state index contributed by atoms with van der Waals surface area (Å²) in [5, 5.41) is 2.98. The molecule has 0 spiro atoms. The van der Waals surface area contributed by atoms with Gasteiger partial charge in [0.25, 0.3) is 5.91 Å². The topological polar surface area (TPSA) is 55.1 Å². The molecule has 3 nitrogen and oxygen atoms in total. The zero-order valence-corrected chi connectivity index (χ0v) is 13.1. The van der Waals surface area contributed by atoms with Crippen LogP contribution in [0.25, 0.3) is 0 Å². The summed E-state index contributed by atoms with van der Waals surface area (Å²) in [5.41, 5.74) is 9.12. The monoisotopic (exact) mass is 332 g/mol. The van der Waals surface area contributed by atoms with E-state index in [1.165, 1.54) is 0 Å². The first-order valence-electron chi connectivity index (χ1n) is 6.40. The minimum absolute atomic E-state index is 0.0987. The van der Waals surface area contributed by atoms with Gasteiger partial charge in [0, 0.05) is 10.2 Å². The van der Waals surface area contributed by atoms with Crippen molar-refractivity contribution in [2.75, 3.05) is 5.73 Å². The summed E-state index contributed by atoms with van der Waals surface area (Å²) in [4.78, 5) is 12.3. The molecule has 0 saturated heterocycles. The zero-order chi connectivity index (χ0) is 14.7. The van der Waals surface area contributed by atoms with E-state index in [1.807, 2.05) is 50.2 Å². The van der Waals surface area contributed by atoms with Gasteiger partial charge in [0.15, 0.2) is 0 Å². The molecule has 0 aliphatic heterocycles. The summed E-state index contributed by atoms with van der Waals surface area (Å²) in [7, 11) is 0. The number of nitrogens with two attached hydrogens (primary N) is 1. The van der Waals surface area contributed by atoms with Gasteiger partial charge in [-0.15, -0.1) is 0 Å². The summed E-state index contributed by atoms with van der Waals surface area (Å²) in [5.74, 6) is -0.101. The van der Waals surface area contributed by atoms with E-state index >= 15 is 0 Å². The molecule has 0 saturated carbocycles. The SMILES string of the molecule is Cc1cccc(C(=O)NC(C)c2cccc(N)c2)c1Br. The third-order valence-corrected chi connectivity index (χ3v) is 4.25. The lowest BCUT2D eigenvalue weighted by molar-refractivity contribution is 0.0939. The Morgan fingerprint density at radius 2 is 1.95 bits per heavy atom. The van der Waals surface area contributed by atoms with Crippen molar-refractivity contribution in [1.82, 2.24) is 5.32 Å². The van der Waals surface area contributed by atoms with Crippen molar-refractivity contribution in [2.45, 2.75) is 19.9 Å². The molecule has 1 unspecified atom stereocenters. The molecule has 2 rings (SSSR count). The molecule has 0 heterocycles. The number of hydrogen-bond donors (Lipinski definition) is 2. The minimum Gasteiger partial charge on any atom is -0.399 e. The van der Waals surface area contributed by atoms with Crippen molar-refractivity contribution in [2.24, 2.45) is 0 Å². The number of halogens is 1. The lowest BCUT2D eigenvalue weighted by atomic mass is 10.1. The third kappa shape index (κ3) is 3.20. The van der Waals surface area contributed by atoms with Gasteiger partial charge in [0.1, 0.15) is 0 Å². The molecule has 2 aromatic rings. The smallest absolute Gasteiger partial charge is 0.252 e. The van der Waals surface area contributed by atoms with E-state index in [-0.39, 0.29) is 11.9 Å². The van der Waals surface area contributed by atoms with E-state index in [1.54, 1.807) is 6.07 Å². The third-order valence-electron chi connectivity index (χ3n) is 3.19. The summed E-state index contributed by atoms with van der Waals surface area (Å²) in [6.07, 6.45) is 0. The van der Waals surface area contributed by atoms with Crippen molar-refractivity contribution in [3.63, 3.8) is 0 Å². The highest BCUT2D eigenvalue weighted by molar-refractivity contribution is 9.10. The number of nitrogen functional groups attached to an aromatic ring is 1. The van der Waals surface area contributed by atoms with Gasteiger partial charge in [-0.3, -0.25) is 4.79 Å². The van der Waals surface area contributed by atoms with Crippen LogP contribution in [0.4, 0.5) is 5.69 Å². The van der Waals surface area contributed by atoms with Gasteiger partial charge in [-0.2, -0.15) is 0 Å². The molecule has 0 aliphatic carbocycles. The maximum absolute atomic E-state index is 12.3. The largest absolute Gasteiger partial charge is 0.399 e. The molecule has 0 bridgehead atoms. The van der Waals surface area contributed by atoms with Gasteiger partial charge in [-0.1, -0.05) is 24.3 Å². The van der Waals surface area contributed by atoms with Gasteiger partial charge in [-0.25, -0.2) is 0 Å². The molecule has 1 amide bonds. The molecule has 3 N–H and O–H groups in total. The molecule has 4 heteroatoms. The van der Waals surface area contributed by atoms with Crippen LogP contribution >= 0.6 is 15.9 Å². The fraction of sp³-hybridized carbons (Fsp3) is 0.188. The lowest BCUT2D eigenvalue weighted by Crippen LogP contribution is -2.27. The van der Waals surface area contributed by atoms with Gasteiger partial charge in [-0.05, 0) is 59.1 Å². The molecular formula is C16H17BrN2O. The predicted molar refractivity (Wildman–Crippen MR) is 85.6 cm³/mol. The van der Waals surface area contributed by atoms with Crippen LogP contribution in [-0.2, 0) is 0 Å². The Morgan fingerprint density at radius 3 is 2.65 bits per heavy atom. The standard InChI is InChI=1S/C16H17BrN2O/c1-10-5-3-8-14(15(10)17)16(20)19-11(2)12-6-4-7-13(18)9-12/h3-9,11H,18H2,1-2H3,(H,19,20). The molecule has 0 radical (unpaired) electrons. The van der Waals surface area contributed by atoms with Crippen molar-refractivity contribution in [3.8, 4) is 0 Å². The highest BCUT2D eigenvalue weighted by Gasteiger charge is 2.14. The highest BCUT2D eigenvalue weighted by Crippen LogP contribution is 2.22. The van der Waals surface area contributed by atoms with Crippen LogP contribution in [0.15, 0.2) is 46.9 Å². The fourth-order valence-corrected chi connectivity index (χ4v) is 2.45. The Kier molecular flexibility index (Phi) is 4.45. The van der Waals surface area contributed by atoms with Crippen molar-refractivity contribution in [3.05, 3.63) is 63.6 Å². The van der Waals surface area contributed by atoms with Crippen LogP contribution in [0.5, 0.6) is 0 Å². The van der Waals surface area contributed by atoms with Crippen molar-refractivity contribution in [1.29, 1.82) is 0 Å². The van der Waals surface area contributed by atoms with E-state index in [2.05, 4.69) is 21.2 Å². The predicted octanol–water partition coefficient (Wildman–Crippen LogP) is 3.83. The first kappa shape index (κ1) is 14.6. The second-order valence-corrected chi connectivity index (χ2v) is 5.59. The van der Waals surface area contributed by atoms with Crippen LogP contribution in [0.1, 0.15) is 34.5 Å². The van der Waals surface area contributed by atoms with Gasteiger partial charge in [0.2, 0.25) is 0 Å². The Bertz CT molecular complexity index is 640. The second kappa shape index (κ2) is 6.09. The summed E-state index contributed by atoms with van der Waals surface area (Å²) < 4.78 is 0.831. The molecule has 104 valence electrons. The van der Waals surface area contributed by atoms with E-state index in [4.69, 9.17) is 5.73 Å². The van der Waals surface area contributed by atoms with Crippen LogP contribution < -0.4 is 11.1 Å². The molecule has 1 atom stereocenters. The van der Waals surface area contributed by atoms with E-state index in [0.717, 1.165) is 15.6 Å². The fourth-order valence-electron chi connectivity index (χ4n) is 2.01. The first-order valence-corrected chi connectivity index (χ1v) is 7.19. The maximum Gasteiger partial charge on any atom is 0.252 e. The number of hydrogen-bond acceptors (Lipinski definition) is 2. The van der Waals surface area contributed by atoms with E-state index in [0.29, 0.717) is 11.3 Å². The van der Waals surface area contributed by atoms with Gasteiger partial charge >= 0.3 is 0 Å². The number of carbonyl (C=O) groups is 1.